The second-order valence-corrected chi connectivity index (χ2v) is 8.99. The van der Waals surface area contributed by atoms with Gasteiger partial charge in [-0.15, -0.1) is 0 Å². The molecule has 30 heavy (non-hydrogen) atoms. The maximum Gasteiger partial charge on any atom is 0.234 e. The molecule has 2 saturated heterocycles. The SMILES string of the molecule is CCC(CCN1CCNC(=O)C1)(C(=O)/C=C/c1ccc(Cl)c(Cl)c1)N1CCCCC1. The zero-order chi connectivity index (χ0) is 21.6. The molecule has 0 aliphatic carbocycles. The van der Waals surface area contributed by atoms with Gasteiger partial charge in [0.25, 0.3) is 0 Å². The van der Waals surface area contributed by atoms with Crippen LogP contribution in [0.5, 0.6) is 0 Å². The predicted molar refractivity (Wildman–Crippen MR) is 123 cm³/mol. The molecule has 1 aromatic carbocycles. The zero-order valence-corrected chi connectivity index (χ0v) is 19.1. The number of halogens is 2. The molecule has 0 aromatic heterocycles. The van der Waals surface area contributed by atoms with Crippen molar-refractivity contribution >= 4 is 41.0 Å². The number of nitrogens with zero attached hydrogens (tertiary/aromatic N) is 2. The summed E-state index contributed by atoms with van der Waals surface area (Å²) in [6, 6.07) is 5.38. The lowest BCUT2D eigenvalue weighted by atomic mass is 9.83. The van der Waals surface area contributed by atoms with Crippen molar-refractivity contribution in [2.75, 3.05) is 39.3 Å². The van der Waals surface area contributed by atoms with Crippen molar-refractivity contribution in [1.82, 2.24) is 15.1 Å². The molecule has 0 saturated carbocycles. The van der Waals surface area contributed by atoms with Crippen LogP contribution in [0.15, 0.2) is 24.3 Å². The van der Waals surface area contributed by atoms with Crippen LogP contribution in [-0.2, 0) is 9.59 Å². The number of hydrogen-bond acceptors (Lipinski definition) is 4. The number of rotatable bonds is 8. The molecule has 2 aliphatic rings. The summed E-state index contributed by atoms with van der Waals surface area (Å²) in [5, 5.41) is 3.85. The minimum absolute atomic E-state index is 0.0622. The van der Waals surface area contributed by atoms with Crippen molar-refractivity contribution in [3.63, 3.8) is 0 Å². The summed E-state index contributed by atoms with van der Waals surface area (Å²) in [5.74, 6) is 0.187. The van der Waals surface area contributed by atoms with Crippen molar-refractivity contribution in [2.45, 2.75) is 44.6 Å². The topological polar surface area (TPSA) is 52.7 Å². The number of amides is 1. The van der Waals surface area contributed by atoms with Crippen LogP contribution in [0.2, 0.25) is 10.0 Å². The number of piperazine rings is 1. The summed E-state index contributed by atoms with van der Waals surface area (Å²) < 4.78 is 0. The molecule has 3 rings (SSSR count). The highest BCUT2D eigenvalue weighted by Gasteiger charge is 2.41. The van der Waals surface area contributed by atoms with Crippen molar-refractivity contribution in [2.24, 2.45) is 0 Å². The Morgan fingerprint density at radius 2 is 1.93 bits per heavy atom. The van der Waals surface area contributed by atoms with Gasteiger partial charge in [-0.25, -0.2) is 0 Å². The first kappa shape index (κ1) is 23.3. The van der Waals surface area contributed by atoms with Crippen LogP contribution in [0.1, 0.15) is 44.6 Å². The maximum absolute atomic E-state index is 13.6. The molecule has 1 atom stereocenters. The Kier molecular flexibility index (Phi) is 8.35. The van der Waals surface area contributed by atoms with E-state index in [0.29, 0.717) is 23.1 Å². The van der Waals surface area contributed by atoms with E-state index in [1.165, 1.54) is 6.42 Å². The van der Waals surface area contributed by atoms with E-state index < -0.39 is 5.54 Å². The van der Waals surface area contributed by atoms with Crippen molar-refractivity contribution in [3.8, 4) is 0 Å². The number of hydrogen-bond donors (Lipinski definition) is 1. The Morgan fingerprint density at radius 3 is 2.60 bits per heavy atom. The van der Waals surface area contributed by atoms with Crippen LogP contribution in [0.25, 0.3) is 6.08 Å². The van der Waals surface area contributed by atoms with Gasteiger partial charge in [-0.1, -0.05) is 48.7 Å². The molecule has 0 spiro atoms. The first-order valence-electron chi connectivity index (χ1n) is 10.9. The summed E-state index contributed by atoms with van der Waals surface area (Å²) in [6.45, 7) is 6.65. The first-order chi connectivity index (χ1) is 14.4. The van der Waals surface area contributed by atoms with Crippen molar-refractivity contribution in [1.29, 1.82) is 0 Å². The molecule has 1 amide bonds. The first-order valence-corrected chi connectivity index (χ1v) is 11.6. The average Bonchev–Trinajstić information content (AvgIpc) is 2.76. The lowest BCUT2D eigenvalue weighted by molar-refractivity contribution is -0.128. The van der Waals surface area contributed by atoms with Gasteiger partial charge >= 0.3 is 0 Å². The van der Waals surface area contributed by atoms with E-state index >= 15 is 0 Å². The van der Waals surface area contributed by atoms with Crippen LogP contribution in [0, 0.1) is 0 Å². The molecule has 7 heteroatoms. The second kappa shape index (κ2) is 10.8. The Bertz CT molecular complexity index is 793. The standard InChI is InChI=1S/C23H31Cl2N3O2/c1-2-23(28-12-4-3-5-13-28,10-14-27-15-11-26-22(30)17-27)21(29)9-7-18-6-8-19(24)20(25)16-18/h6-9,16H,2-5,10-15,17H2,1H3,(H,26,30)/b9-7+. The number of carbonyl (C=O) groups is 2. The Morgan fingerprint density at radius 1 is 1.17 bits per heavy atom. The fraction of sp³-hybridized carbons (Fsp3) is 0.565. The largest absolute Gasteiger partial charge is 0.354 e. The van der Waals surface area contributed by atoms with Crippen LogP contribution in [0.3, 0.4) is 0 Å². The highest BCUT2D eigenvalue weighted by atomic mass is 35.5. The molecule has 0 radical (unpaired) electrons. The molecule has 1 aromatic rings. The number of likely N-dealkylation sites (tertiary alicyclic amines) is 1. The minimum atomic E-state index is -0.541. The third-order valence-corrected chi connectivity index (χ3v) is 7.07. The Hall–Kier alpha value is -1.40. The maximum atomic E-state index is 13.6. The van der Waals surface area contributed by atoms with E-state index in [0.717, 1.165) is 57.4 Å². The average molecular weight is 452 g/mol. The molecule has 1 N–H and O–H groups in total. The Labute approximate surface area is 189 Å². The predicted octanol–water partition coefficient (Wildman–Crippen LogP) is 4.03. The van der Waals surface area contributed by atoms with E-state index in [1.54, 1.807) is 18.2 Å². The fourth-order valence-electron chi connectivity index (χ4n) is 4.50. The van der Waals surface area contributed by atoms with Gasteiger partial charge in [0.2, 0.25) is 5.91 Å². The van der Waals surface area contributed by atoms with Gasteiger partial charge in [0, 0.05) is 19.6 Å². The van der Waals surface area contributed by atoms with Gasteiger partial charge in [-0.3, -0.25) is 19.4 Å². The van der Waals surface area contributed by atoms with Crippen LogP contribution in [-0.4, -0.2) is 66.3 Å². The second-order valence-electron chi connectivity index (χ2n) is 8.18. The van der Waals surface area contributed by atoms with E-state index in [2.05, 4.69) is 22.0 Å². The molecule has 164 valence electrons. The van der Waals surface area contributed by atoms with E-state index in [4.69, 9.17) is 23.2 Å². The van der Waals surface area contributed by atoms with Gasteiger partial charge in [0.1, 0.15) is 0 Å². The normalized spacial score (nSPS) is 20.8. The van der Waals surface area contributed by atoms with Gasteiger partial charge in [0.05, 0.1) is 22.1 Å². The third-order valence-electron chi connectivity index (χ3n) is 6.33. The number of carbonyl (C=O) groups excluding carboxylic acids is 2. The number of benzene rings is 1. The molecule has 1 unspecified atom stereocenters. The smallest absolute Gasteiger partial charge is 0.234 e. The van der Waals surface area contributed by atoms with Crippen LogP contribution in [0.4, 0.5) is 0 Å². The quantitative estimate of drug-likeness (QED) is 0.606. The molecule has 2 aliphatic heterocycles. The van der Waals surface area contributed by atoms with Crippen molar-refractivity contribution in [3.05, 3.63) is 39.9 Å². The van der Waals surface area contributed by atoms with E-state index in [1.807, 2.05) is 12.1 Å². The number of nitrogens with one attached hydrogen (secondary N) is 1. The fourth-order valence-corrected chi connectivity index (χ4v) is 4.81. The summed E-state index contributed by atoms with van der Waals surface area (Å²) in [4.78, 5) is 29.9. The van der Waals surface area contributed by atoms with E-state index in [9.17, 15) is 9.59 Å². The summed E-state index contributed by atoms with van der Waals surface area (Å²) in [6.07, 6.45) is 8.46. The van der Waals surface area contributed by atoms with Crippen LogP contribution < -0.4 is 5.32 Å². The number of piperidine rings is 1. The van der Waals surface area contributed by atoms with Crippen LogP contribution >= 0.6 is 23.2 Å². The van der Waals surface area contributed by atoms with Crippen molar-refractivity contribution < 1.29 is 9.59 Å². The Balaban J connectivity index is 1.79. The highest BCUT2D eigenvalue weighted by Crippen LogP contribution is 2.31. The zero-order valence-electron chi connectivity index (χ0n) is 17.6. The lowest BCUT2D eigenvalue weighted by Crippen LogP contribution is -2.57. The third kappa shape index (κ3) is 5.64. The monoisotopic (exact) mass is 451 g/mol. The summed E-state index contributed by atoms with van der Waals surface area (Å²) in [7, 11) is 0. The summed E-state index contributed by atoms with van der Waals surface area (Å²) in [5.41, 5.74) is 0.315. The van der Waals surface area contributed by atoms with E-state index in [-0.39, 0.29) is 11.7 Å². The molecule has 2 heterocycles. The van der Waals surface area contributed by atoms with Gasteiger partial charge in [-0.2, -0.15) is 0 Å². The highest BCUT2D eigenvalue weighted by molar-refractivity contribution is 6.42. The molecule has 0 bridgehead atoms. The van der Waals surface area contributed by atoms with Gasteiger partial charge < -0.3 is 5.32 Å². The minimum Gasteiger partial charge on any atom is -0.354 e. The molecule has 2 fully saturated rings. The molecular weight excluding hydrogens is 421 g/mol. The summed E-state index contributed by atoms with van der Waals surface area (Å²) >= 11 is 12.1. The lowest BCUT2D eigenvalue weighted by Gasteiger charge is -2.45. The number of ketones is 1. The molecule has 5 nitrogen and oxygen atoms in total. The van der Waals surface area contributed by atoms with Gasteiger partial charge in [0.15, 0.2) is 5.78 Å². The molecular formula is C23H31Cl2N3O2. The van der Waals surface area contributed by atoms with Gasteiger partial charge in [-0.05, 0) is 62.5 Å².